The molecule has 0 aromatic heterocycles. The lowest BCUT2D eigenvalue weighted by atomic mass is 10.3. The summed E-state index contributed by atoms with van der Waals surface area (Å²) >= 11 is 1.86. The molecular formula is C12H28N2OS. The summed E-state index contributed by atoms with van der Waals surface area (Å²) in [6, 6.07) is 0.584. The Morgan fingerprint density at radius 1 is 1.25 bits per heavy atom. The first-order chi connectivity index (χ1) is 7.66. The van der Waals surface area contributed by atoms with Crippen LogP contribution in [0, 0.1) is 0 Å². The maximum atomic E-state index is 5.57. The van der Waals surface area contributed by atoms with Crippen LogP contribution >= 0.6 is 11.8 Å². The van der Waals surface area contributed by atoms with E-state index in [0.717, 1.165) is 45.0 Å². The van der Waals surface area contributed by atoms with Gasteiger partial charge in [0.15, 0.2) is 0 Å². The zero-order chi connectivity index (χ0) is 12.2. The fraction of sp³-hybridized carbons (Fsp3) is 1.00. The number of ether oxygens (including phenoxy) is 1. The van der Waals surface area contributed by atoms with Crippen LogP contribution in [0.1, 0.15) is 26.7 Å². The molecule has 0 bridgehead atoms. The minimum Gasteiger partial charge on any atom is -0.381 e. The van der Waals surface area contributed by atoms with Crippen LogP contribution in [-0.2, 0) is 4.74 Å². The normalized spacial score (nSPS) is 11.6. The zero-order valence-electron chi connectivity index (χ0n) is 11.3. The van der Waals surface area contributed by atoms with Gasteiger partial charge in [0.2, 0.25) is 0 Å². The Morgan fingerprint density at radius 3 is 2.56 bits per heavy atom. The van der Waals surface area contributed by atoms with Gasteiger partial charge in [-0.3, -0.25) is 4.90 Å². The smallest absolute Gasteiger partial charge is 0.0478 e. The molecule has 4 heteroatoms. The van der Waals surface area contributed by atoms with Gasteiger partial charge in [0.1, 0.15) is 0 Å². The molecule has 0 aliphatic heterocycles. The highest BCUT2D eigenvalue weighted by molar-refractivity contribution is 7.98. The third-order valence-electron chi connectivity index (χ3n) is 2.20. The monoisotopic (exact) mass is 248 g/mol. The Labute approximate surface area is 105 Å². The average molecular weight is 248 g/mol. The van der Waals surface area contributed by atoms with E-state index < -0.39 is 0 Å². The Morgan fingerprint density at radius 2 is 1.94 bits per heavy atom. The van der Waals surface area contributed by atoms with Crippen LogP contribution in [0.25, 0.3) is 0 Å². The summed E-state index contributed by atoms with van der Waals surface area (Å²) in [7, 11) is 2.16. The third-order valence-corrected chi connectivity index (χ3v) is 2.90. The summed E-state index contributed by atoms with van der Waals surface area (Å²) in [5.74, 6) is 1.11. The first-order valence-electron chi connectivity index (χ1n) is 6.15. The highest BCUT2D eigenvalue weighted by Gasteiger charge is 1.96. The first kappa shape index (κ1) is 16.2. The molecule has 0 radical (unpaired) electrons. The van der Waals surface area contributed by atoms with Crippen LogP contribution in [0.4, 0.5) is 0 Å². The van der Waals surface area contributed by atoms with E-state index in [1.165, 1.54) is 0 Å². The van der Waals surface area contributed by atoms with Crippen LogP contribution in [0.5, 0.6) is 0 Å². The molecular weight excluding hydrogens is 220 g/mol. The lowest BCUT2D eigenvalue weighted by molar-refractivity contribution is 0.123. The first-order valence-corrected chi connectivity index (χ1v) is 7.54. The lowest BCUT2D eigenvalue weighted by Gasteiger charge is -2.14. The molecule has 0 spiro atoms. The Kier molecular flexibility index (Phi) is 11.9. The van der Waals surface area contributed by atoms with Crippen LogP contribution in [0.15, 0.2) is 0 Å². The van der Waals surface area contributed by atoms with Gasteiger partial charge in [0.25, 0.3) is 0 Å². The van der Waals surface area contributed by atoms with E-state index in [1.54, 1.807) is 0 Å². The van der Waals surface area contributed by atoms with E-state index in [-0.39, 0.29) is 0 Å². The van der Waals surface area contributed by atoms with Crippen LogP contribution in [0.3, 0.4) is 0 Å². The Bertz CT molecular complexity index is 145. The Hall–Kier alpha value is 0.230. The minimum absolute atomic E-state index is 0.584. The molecule has 0 fully saturated rings. The molecule has 0 atom stereocenters. The van der Waals surface area contributed by atoms with Crippen molar-refractivity contribution in [1.29, 1.82) is 0 Å². The van der Waals surface area contributed by atoms with Crippen molar-refractivity contribution >= 4 is 11.8 Å². The lowest BCUT2D eigenvalue weighted by Crippen LogP contribution is -2.24. The zero-order valence-corrected chi connectivity index (χ0v) is 12.1. The maximum absolute atomic E-state index is 5.57. The van der Waals surface area contributed by atoms with Gasteiger partial charge in [-0.05, 0) is 32.7 Å². The SMILES string of the molecule is CSCN(C)CCCOCCCNC(C)C. The molecule has 0 amide bonds. The molecule has 0 aliphatic rings. The van der Waals surface area contributed by atoms with Crippen molar-refractivity contribution in [2.45, 2.75) is 32.7 Å². The molecule has 0 saturated heterocycles. The average Bonchev–Trinajstić information content (AvgIpc) is 2.22. The predicted molar refractivity (Wildman–Crippen MR) is 74.2 cm³/mol. The van der Waals surface area contributed by atoms with Crippen LogP contribution < -0.4 is 5.32 Å². The second-order valence-corrected chi connectivity index (χ2v) is 5.26. The van der Waals surface area contributed by atoms with Crippen molar-refractivity contribution in [3.8, 4) is 0 Å². The summed E-state index contributed by atoms with van der Waals surface area (Å²) in [4.78, 5) is 2.33. The quantitative estimate of drug-likeness (QED) is 0.447. The molecule has 0 rings (SSSR count). The highest BCUT2D eigenvalue weighted by atomic mass is 32.2. The van der Waals surface area contributed by atoms with Gasteiger partial charge in [-0.2, -0.15) is 0 Å². The fourth-order valence-electron chi connectivity index (χ4n) is 1.39. The summed E-state index contributed by atoms with van der Waals surface area (Å²) in [5.41, 5.74) is 0. The predicted octanol–water partition coefficient (Wildman–Crippen LogP) is 2.03. The summed E-state index contributed by atoms with van der Waals surface area (Å²) in [6.45, 7) is 8.30. The van der Waals surface area contributed by atoms with E-state index in [9.17, 15) is 0 Å². The fourth-order valence-corrected chi connectivity index (χ4v) is 1.96. The molecule has 16 heavy (non-hydrogen) atoms. The standard InChI is InChI=1S/C12H28N2OS/c1-12(2)13-7-5-9-15-10-6-8-14(3)11-16-4/h12-13H,5-11H2,1-4H3. The van der Waals surface area contributed by atoms with Crippen molar-refractivity contribution in [1.82, 2.24) is 10.2 Å². The molecule has 0 unspecified atom stereocenters. The van der Waals surface area contributed by atoms with Crippen molar-refractivity contribution in [2.75, 3.05) is 45.5 Å². The maximum Gasteiger partial charge on any atom is 0.0478 e. The van der Waals surface area contributed by atoms with E-state index in [4.69, 9.17) is 4.74 Å². The highest BCUT2D eigenvalue weighted by Crippen LogP contribution is 1.97. The number of nitrogens with one attached hydrogen (secondary N) is 1. The van der Waals surface area contributed by atoms with E-state index in [0.29, 0.717) is 6.04 Å². The number of thioether (sulfide) groups is 1. The van der Waals surface area contributed by atoms with Gasteiger partial charge in [0, 0.05) is 31.7 Å². The van der Waals surface area contributed by atoms with Gasteiger partial charge < -0.3 is 10.1 Å². The van der Waals surface area contributed by atoms with E-state index in [1.807, 2.05) is 11.8 Å². The van der Waals surface area contributed by atoms with Crippen molar-refractivity contribution < 1.29 is 4.74 Å². The minimum atomic E-state index is 0.584. The molecule has 0 saturated carbocycles. The van der Waals surface area contributed by atoms with Gasteiger partial charge in [-0.25, -0.2) is 0 Å². The van der Waals surface area contributed by atoms with E-state index >= 15 is 0 Å². The van der Waals surface area contributed by atoms with Crippen molar-refractivity contribution in [2.24, 2.45) is 0 Å². The third kappa shape index (κ3) is 12.3. The second kappa shape index (κ2) is 11.7. The number of hydrogen-bond donors (Lipinski definition) is 1. The largest absolute Gasteiger partial charge is 0.381 e. The van der Waals surface area contributed by atoms with Crippen LogP contribution in [0.2, 0.25) is 0 Å². The topological polar surface area (TPSA) is 24.5 Å². The van der Waals surface area contributed by atoms with Crippen molar-refractivity contribution in [3.63, 3.8) is 0 Å². The summed E-state index contributed by atoms with van der Waals surface area (Å²) < 4.78 is 5.57. The molecule has 1 N–H and O–H groups in total. The van der Waals surface area contributed by atoms with Crippen molar-refractivity contribution in [3.05, 3.63) is 0 Å². The molecule has 0 aromatic rings. The number of rotatable bonds is 11. The van der Waals surface area contributed by atoms with Gasteiger partial charge in [-0.15, -0.1) is 11.8 Å². The summed E-state index contributed by atoms with van der Waals surface area (Å²) in [6.07, 6.45) is 4.38. The van der Waals surface area contributed by atoms with Gasteiger partial charge in [0.05, 0.1) is 0 Å². The van der Waals surface area contributed by atoms with Gasteiger partial charge in [-0.1, -0.05) is 13.8 Å². The van der Waals surface area contributed by atoms with Crippen LogP contribution in [-0.4, -0.2) is 56.4 Å². The molecule has 0 aromatic carbocycles. The summed E-state index contributed by atoms with van der Waals surface area (Å²) in [5, 5.41) is 3.38. The molecule has 0 aliphatic carbocycles. The van der Waals surface area contributed by atoms with Gasteiger partial charge >= 0.3 is 0 Å². The molecule has 3 nitrogen and oxygen atoms in total. The Balaban J connectivity index is 3.04. The molecule has 98 valence electrons. The number of hydrogen-bond acceptors (Lipinski definition) is 4. The molecule has 0 heterocycles. The second-order valence-electron chi connectivity index (χ2n) is 4.43. The van der Waals surface area contributed by atoms with E-state index in [2.05, 4.69) is 37.4 Å². The number of nitrogens with zero attached hydrogens (tertiary/aromatic N) is 1.